The summed E-state index contributed by atoms with van der Waals surface area (Å²) in [5.74, 6) is -1.13. The molecule has 0 saturated carbocycles. The summed E-state index contributed by atoms with van der Waals surface area (Å²) >= 11 is 2.94. The zero-order valence-corrected chi connectivity index (χ0v) is 13.6. The van der Waals surface area contributed by atoms with Crippen LogP contribution in [0.1, 0.15) is 39.7 Å². The maximum atomic E-state index is 12.0. The third kappa shape index (κ3) is 3.71. The Bertz CT molecular complexity index is 644. The number of carbonyl (C=O) groups is 2. The summed E-state index contributed by atoms with van der Waals surface area (Å²) in [5, 5.41) is 16.5. The number of carboxylic acid groups (broad SMARTS) is 1. The largest absolute Gasteiger partial charge is 0.478 e. The van der Waals surface area contributed by atoms with E-state index in [4.69, 9.17) is 0 Å². The standard InChI is InChI=1S/C15H17NO3S2/c1-3-11-9(2)21-14(13(11)15(18)19)16-12(17)5-4-10-6-7-20-8-10/h6-8H,3-5H2,1-2H3,(H,16,17)(H,18,19). The van der Waals surface area contributed by atoms with Crippen molar-refractivity contribution in [2.45, 2.75) is 33.1 Å². The summed E-state index contributed by atoms with van der Waals surface area (Å²) in [5.41, 5.74) is 2.18. The first-order valence-corrected chi connectivity index (χ1v) is 8.45. The van der Waals surface area contributed by atoms with Gasteiger partial charge in [-0.25, -0.2) is 4.79 Å². The minimum Gasteiger partial charge on any atom is -0.478 e. The molecule has 0 spiro atoms. The Morgan fingerprint density at radius 3 is 2.71 bits per heavy atom. The molecule has 0 radical (unpaired) electrons. The predicted molar refractivity (Wildman–Crippen MR) is 86.7 cm³/mol. The van der Waals surface area contributed by atoms with E-state index in [0.29, 0.717) is 24.3 Å². The van der Waals surface area contributed by atoms with Crippen molar-refractivity contribution < 1.29 is 14.7 Å². The minimum atomic E-state index is -0.982. The molecule has 21 heavy (non-hydrogen) atoms. The predicted octanol–water partition coefficient (Wildman–Crippen LogP) is 3.95. The zero-order valence-electron chi connectivity index (χ0n) is 11.9. The summed E-state index contributed by atoms with van der Waals surface area (Å²) in [6.45, 7) is 3.81. The van der Waals surface area contributed by atoms with Gasteiger partial charge < -0.3 is 10.4 Å². The quantitative estimate of drug-likeness (QED) is 0.846. The fourth-order valence-electron chi connectivity index (χ4n) is 2.20. The monoisotopic (exact) mass is 323 g/mol. The molecule has 2 N–H and O–H groups in total. The van der Waals surface area contributed by atoms with Crippen molar-refractivity contribution in [3.05, 3.63) is 38.4 Å². The molecule has 1 amide bonds. The number of anilines is 1. The lowest BCUT2D eigenvalue weighted by Crippen LogP contribution is -2.14. The normalized spacial score (nSPS) is 10.6. The highest BCUT2D eigenvalue weighted by molar-refractivity contribution is 7.16. The molecule has 6 heteroatoms. The van der Waals surface area contributed by atoms with E-state index in [1.165, 1.54) is 11.3 Å². The highest BCUT2D eigenvalue weighted by Gasteiger charge is 2.21. The lowest BCUT2D eigenvalue weighted by molar-refractivity contribution is -0.116. The van der Waals surface area contributed by atoms with E-state index in [9.17, 15) is 14.7 Å². The molecule has 0 bridgehead atoms. The number of amides is 1. The summed E-state index contributed by atoms with van der Waals surface area (Å²) in [6, 6.07) is 1.99. The Morgan fingerprint density at radius 2 is 2.14 bits per heavy atom. The number of rotatable bonds is 6. The van der Waals surface area contributed by atoms with Crippen molar-refractivity contribution in [3.63, 3.8) is 0 Å². The van der Waals surface area contributed by atoms with Gasteiger partial charge in [0, 0.05) is 11.3 Å². The minimum absolute atomic E-state index is 0.146. The van der Waals surface area contributed by atoms with E-state index in [2.05, 4.69) is 5.32 Å². The molecule has 2 heterocycles. The molecule has 112 valence electrons. The number of thiophene rings is 2. The Morgan fingerprint density at radius 1 is 1.38 bits per heavy atom. The summed E-state index contributed by atoms with van der Waals surface area (Å²) in [7, 11) is 0. The molecule has 0 unspecified atom stereocenters. The SMILES string of the molecule is CCc1c(C)sc(NC(=O)CCc2ccsc2)c1C(=O)O. The average Bonchev–Trinajstić information content (AvgIpc) is 3.03. The lowest BCUT2D eigenvalue weighted by atomic mass is 10.1. The van der Waals surface area contributed by atoms with Crippen molar-refractivity contribution in [1.29, 1.82) is 0 Å². The third-order valence-electron chi connectivity index (χ3n) is 3.25. The number of carbonyl (C=O) groups excluding carboxylic acids is 1. The van der Waals surface area contributed by atoms with Gasteiger partial charge in [0.05, 0.1) is 5.56 Å². The van der Waals surface area contributed by atoms with Gasteiger partial charge in [-0.1, -0.05) is 6.92 Å². The van der Waals surface area contributed by atoms with Crippen LogP contribution in [0.3, 0.4) is 0 Å². The van der Waals surface area contributed by atoms with Crippen LogP contribution in [-0.2, 0) is 17.6 Å². The molecule has 4 nitrogen and oxygen atoms in total. The number of hydrogen-bond donors (Lipinski definition) is 2. The van der Waals surface area contributed by atoms with Crippen LogP contribution in [0.5, 0.6) is 0 Å². The second kappa shape index (κ2) is 6.87. The van der Waals surface area contributed by atoms with Crippen molar-refractivity contribution in [1.82, 2.24) is 0 Å². The zero-order chi connectivity index (χ0) is 15.4. The average molecular weight is 323 g/mol. The molecule has 0 saturated heterocycles. The Labute approximate surface area is 131 Å². The fourth-order valence-corrected chi connectivity index (χ4v) is 4.06. The molecular weight excluding hydrogens is 306 g/mol. The first-order valence-electron chi connectivity index (χ1n) is 6.69. The Kier molecular flexibility index (Phi) is 5.14. The van der Waals surface area contributed by atoms with Crippen LogP contribution in [0.15, 0.2) is 16.8 Å². The van der Waals surface area contributed by atoms with Crippen molar-refractivity contribution in [2.75, 3.05) is 5.32 Å². The molecule has 0 atom stereocenters. The number of carboxylic acids is 1. The van der Waals surface area contributed by atoms with E-state index in [1.54, 1.807) is 11.3 Å². The maximum Gasteiger partial charge on any atom is 0.339 e. The topological polar surface area (TPSA) is 66.4 Å². The number of hydrogen-bond acceptors (Lipinski definition) is 4. The van der Waals surface area contributed by atoms with Gasteiger partial charge in [-0.05, 0) is 47.7 Å². The van der Waals surface area contributed by atoms with Crippen LogP contribution in [0.2, 0.25) is 0 Å². The van der Waals surface area contributed by atoms with E-state index < -0.39 is 5.97 Å². The lowest BCUT2D eigenvalue weighted by Gasteiger charge is -2.04. The molecule has 0 aromatic carbocycles. The van der Waals surface area contributed by atoms with E-state index in [-0.39, 0.29) is 11.5 Å². The molecule has 2 aromatic heterocycles. The Hall–Kier alpha value is -1.66. The number of aromatic carboxylic acids is 1. The second-order valence-corrected chi connectivity index (χ2v) is 6.68. The Balaban J connectivity index is 2.08. The third-order valence-corrected chi connectivity index (χ3v) is 5.05. The second-order valence-electron chi connectivity index (χ2n) is 4.68. The van der Waals surface area contributed by atoms with E-state index in [0.717, 1.165) is 16.0 Å². The van der Waals surface area contributed by atoms with E-state index >= 15 is 0 Å². The van der Waals surface area contributed by atoms with Gasteiger partial charge in [-0.15, -0.1) is 11.3 Å². The maximum absolute atomic E-state index is 12.0. The van der Waals surface area contributed by atoms with Crippen molar-refractivity contribution in [2.24, 2.45) is 0 Å². The smallest absolute Gasteiger partial charge is 0.339 e. The molecule has 0 aliphatic heterocycles. The molecule has 0 fully saturated rings. The van der Waals surface area contributed by atoms with Gasteiger partial charge in [0.2, 0.25) is 5.91 Å². The molecule has 0 aliphatic rings. The molecule has 2 aromatic rings. The molecule has 2 rings (SSSR count). The fraction of sp³-hybridized carbons (Fsp3) is 0.333. The van der Waals surface area contributed by atoms with Crippen LogP contribution in [0.25, 0.3) is 0 Å². The van der Waals surface area contributed by atoms with Gasteiger partial charge in [-0.3, -0.25) is 4.79 Å². The molecular formula is C15H17NO3S2. The number of nitrogens with one attached hydrogen (secondary N) is 1. The van der Waals surface area contributed by atoms with Gasteiger partial charge in [0.25, 0.3) is 0 Å². The first-order chi connectivity index (χ1) is 10.0. The summed E-state index contributed by atoms with van der Waals surface area (Å²) in [4.78, 5) is 24.3. The van der Waals surface area contributed by atoms with Crippen molar-refractivity contribution >= 4 is 39.6 Å². The first kappa shape index (κ1) is 15.7. The van der Waals surface area contributed by atoms with Crippen LogP contribution >= 0.6 is 22.7 Å². The van der Waals surface area contributed by atoms with Crippen LogP contribution in [-0.4, -0.2) is 17.0 Å². The highest BCUT2D eigenvalue weighted by Crippen LogP contribution is 2.33. The van der Waals surface area contributed by atoms with E-state index in [1.807, 2.05) is 30.7 Å². The highest BCUT2D eigenvalue weighted by atomic mass is 32.1. The summed E-state index contributed by atoms with van der Waals surface area (Å²) < 4.78 is 0. The van der Waals surface area contributed by atoms with Crippen LogP contribution in [0.4, 0.5) is 5.00 Å². The van der Waals surface area contributed by atoms with Crippen molar-refractivity contribution in [3.8, 4) is 0 Å². The number of aryl methyl sites for hydroxylation is 2. The van der Waals surface area contributed by atoms with Gasteiger partial charge >= 0.3 is 5.97 Å². The van der Waals surface area contributed by atoms with Gasteiger partial charge in [-0.2, -0.15) is 11.3 Å². The van der Waals surface area contributed by atoms with Gasteiger partial charge in [0.15, 0.2) is 0 Å². The van der Waals surface area contributed by atoms with Crippen LogP contribution in [0, 0.1) is 6.92 Å². The molecule has 0 aliphatic carbocycles. The summed E-state index contributed by atoms with van der Waals surface area (Å²) in [6.07, 6.45) is 1.67. The van der Waals surface area contributed by atoms with Gasteiger partial charge in [0.1, 0.15) is 5.00 Å². The van der Waals surface area contributed by atoms with Crippen LogP contribution < -0.4 is 5.32 Å².